The molecule has 2 aromatic rings. The van der Waals surface area contributed by atoms with Crippen LogP contribution in [0.2, 0.25) is 10.0 Å². The topological polar surface area (TPSA) is 46.5 Å². The molecule has 2 rings (SSSR count). The van der Waals surface area contributed by atoms with Crippen LogP contribution in [0.1, 0.15) is 11.1 Å². The molecule has 0 unspecified atom stereocenters. The van der Waals surface area contributed by atoms with Gasteiger partial charge in [0, 0.05) is 27.2 Å². The molecule has 108 valence electrons. The fourth-order valence-electron chi connectivity index (χ4n) is 1.70. The van der Waals surface area contributed by atoms with Gasteiger partial charge in [0.25, 0.3) is 0 Å². The number of ether oxygens (including phenoxy) is 1. The quantitative estimate of drug-likeness (QED) is 0.813. The molecule has 0 aliphatic carbocycles. The summed E-state index contributed by atoms with van der Waals surface area (Å²) in [5.74, 6) is -0.424. The van der Waals surface area contributed by atoms with Gasteiger partial charge in [0.05, 0.1) is 0 Å². The fourth-order valence-corrected chi connectivity index (χ4v) is 2.17. The van der Waals surface area contributed by atoms with Crippen LogP contribution in [0.5, 0.6) is 5.75 Å². The Labute approximate surface area is 132 Å². The lowest BCUT2D eigenvalue weighted by Gasteiger charge is -2.10. The number of para-hydroxylation sites is 1. The van der Waals surface area contributed by atoms with Crippen molar-refractivity contribution in [2.45, 2.75) is 6.61 Å². The molecule has 3 nitrogen and oxygen atoms in total. The molecule has 0 aromatic heterocycles. The number of carboxylic acid groups (broad SMARTS) is 1. The summed E-state index contributed by atoms with van der Waals surface area (Å²) >= 11 is 11.9. The van der Waals surface area contributed by atoms with Crippen molar-refractivity contribution in [3.63, 3.8) is 0 Å². The van der Waals surface area contributed by atoms with Gasteiger partial charge < -0.3 is 9.84 Å². The van der Waals surface area contributed by atoms with Crippen LogP contribution in [0.3, 0.4) is 0 Å². The summed E-state index contributed by atoms with van der Waals surface area (Å²) in [5.41, 5.74) is 1.49. The summed E-state index contributed by atoms with van der Waals surface area (Å²) < 4.78 is 5.70. The molecule has 2 aromatic carbocycles. The molecule has 5 heteroatoms. The normalized spacial score (nSPS) is 10.8. The molecular formula is C16H12Cl2O3. The Balaban J connectivity index is 2.14. The first-order valence-electron chi connectivity index (χ1n) is 6.13. The van der Waals surface area contributed by atoms with E-state index in [-0.39, 0.29) is 6.61 Å². The van der Waals surface area contributed by atoms with Crippen LogP contribution in [-0.4, -0.2) is 11.1 Å². The predicted octanol–water partition coefficient (Wildman–Crippen LogP) is 4.67. The molecular weight excluding hydrogens is 311 g/mol. The van der Waals surface area contributed by atoms with E-state index >= 15 is 0 Å². The molecule has 0 amide bonds. The van der Waals surface area contributed by atoms with Gasteiger partial charge in [0.15, 0.2) is 0 Å². The van der Waals surface area contributed by atoms with Crippen molar-refractivity contribution in [1.82, 2.24) is 0 Å². The van der Waals surface area contributed by atoms with Gasteiger partial charge in [-0.3, -0.25) is 0 Å². The van der Waals surface area contributed by atoms with Crippen LogP contribution in [0, 0.1) is 0 Å². The highest BCUT2D eigenvalue weighted by Crippen LogP contribution is 2.25. The summed E-state index contributed by atoms with van der Waals surface area (Å²) in [7, 11) is 0. The highest BCUT2D eigenvalue weighted by molar-refractivity contribution is 6.35. The second-order valence-corrected chi connectivity index (χ2v) is 5.08. The Morgan fingerprint density at radius 2 is 1.95 bits per heavy atom. The van der Waals surface area contributed by atoms with E-state index < -0.39 is 5.97 Å². The van der Waals surface area contributed by atoms with Crippen molar-refractivity contribution < 1.29 is 14.6 Å². The number of hydrogen-bond donors (Lipinski definition) is 1. The summed E-state index contributed by atoms with van der Waals surface area (Å²) in [6, 6.07) is 12.4. The zero-order chi connectivity index (χ0) is 15.2. The van der Waals surface area contributed by atoms with Gasteiger partial charge in [-0.25, -0.2) is 4.79 Å². The maximum Gasteiger partial charge on any atom is 0.328 e. The average molecular weight is 323 g/mol. The number of carbonyl (C=O) groups is 1. The predicted molar refractivity (Wildman–Crippen MR) is 83.9 cm³/mol. The Hall–Kier alpha value is -1.97. The van der Waals surface area contributed by atoms with Crippen LogP contribution in [-0.2, 0) is 11.4 Å². The van der Waals surface area contributed by atoms with Gasteiger partial charge in [-0.05, 0) is 24.3 Å². The van der Waals surface area contributed by atoms with E-state index in [0.29, 0.717) is 21.4 Å². The first-order valence-corrected chi connectivity index (χ1v) is 6.88. The highest BCUT2D eigenvalue weighted by atomic mass is 35.5. The van der Waals surface area contributed by atoms with E-state index in [1.807, 2.05) is 12.1 Å². The largest absolute Gasteiger partial charge is 0.488 e. The molecule has 0 bridgehead atoms. The van der Waals surface area contributed by atoms with Gasteiger partial charge in [0.1, 0.15) is 12.4 Å². The number of aliphatic carboxylic acids is 1. The van der Waals surface area contributed by atoms with Crippen LogP contribution in [0.15, 0.2) is 48.5 Å². The molecule has 0 aliphatic rings. The third-order valence-corrected chi connectivity index (χ3v) is 3.31. The maximum absolute atomic E-state index is 10.6. The van der Waals surface area contributed by atoms with E-state index in [4.69, 9.17) is 33.0 Å². The lowest BCUT2D eigenvalue weighted by atomic mass is 10.2. The maximum atomic E-state index is 10.6. The molecule has 0 fully saturated rings. The van der Waals surface area contributed by atoms with Crippen molar-refractivity contribution in [3.8, 4) is 5.75 Å². The minimum absolute atomic E-state index is 0.272. The van der Waals surface area contributed by atoms with E-state index in [1.54, 1.807) is 30.3 Å². The van der Waals surface area contributed by atoms with Gasteiger partial charge in [-0.1, -0.05) is 47.5 Å². The molecule has 0 saturated heterocycles. The van der Waals surface area contributed by atoms with Crippen LogP contribution in [0.4, 0.5) is 0 Å². The van der Waals surface area contributed by atoms with Gasteiger partial charge >= 0.3 is 5.97 Å². The van der Waals surface area contributed by atoms with Crippen molar-refractivity contribution >= 4 is 35.2 Å². The zero-order valence-corrected chi connectivity index (χ0v) is 12.4. The van der Waals surface area contributed by atoms with E-state index in [1.165, 1.54) is 6.08 Å². The molecule has 0 aliphatic heterocycles. The molecule has 0 saturated carbocycles. The Kier molecular flexibility index (Phi) is 5.26. The van der Waals surface area contributed by atoms with E-state index in [9.17, 15) is 4.79 Å². The van der Waals surface area contributed by atoms with Crippen molar-refractivity contribution in [1.29, 1.82) is 0 Å². The van der Waals surface area contributed by atoms with Crippen LogP contribution >= 0.6 is 23.2 Å². The summed E-state index contributed by atoms with van der Waals surface area (Å²) in [5, 5.41) is 9.77. The Morgan fingerprint density at radius 1 is 1.19 bits per heavy atom. The SMILES string of the molecule is O=C(O)/C=C/c1ccccc1OCc1ccc(Cl)cc1Cl. The van der Waals surface area contributed by atoms with Crippen molar-refractivity contribution in [3.05, 3.63) is 69.7 Å². The van der Waals surface area contributed by atoms with E-state index in [0.717, 1.165) is 11.6 Å². The van der Waals surface area contributed by atoms with Crippen LogP contribution in [0.25, 0.3) is 6.08 Å². The molecule has 1 N–H and O–H groups in total. The standard InChI is InChI=1S/C16H12Cl2O3/c17-13-7-5-12(14(18)9-13)10-21-15-4-2-1-3-11(15)6-8-16(19)20/h1-9H,10H2,(H,19,20)/b8-6+. The lowest BCUT2D eigenvalue weighted by molar-refractivity contribution is -0.131. The van der Waals surface area contributed by atoms with Crippen LogP contribution < -0.4 is 4.74 Å². The molecule has 0 radical (unpaired) electrons. The molecule has 21 heavy (non-hydrogen) atoms. The average Bonchev–Trinajstić information content (AvgIpc) is 2.45. The molecule has 0 atom stereocenters. The zero-order valence-electron chi connectivity index (χ0n) is 10.9. The van der Waals surface area contributed by atoms with Gasteiger partial charge in [0.2, 0.25) is 0 Å². The van der Waals surface area contributed by atoms with Gasteiger partial charge in [-0.15, -0.1) is 0 Å². The highest BCUT2D eigenvalue weighted by Gasteiger charge is 2.05. The van der Waals surface area contributed by atoms with Crippen molar-refractivity contribution in [2.24, 2.45) is 0 Å². The van der Waals surface area contributed by atoms with Gasteiger partial charge in [-0.2, -0.15) is 0 Å². The summed E-state index contributed by atoms with van der Waals surface area (Å²) in [6.45, 7) is 0.272. The summed E-state index contributed by atoms with van der Waals surface area (Å²) in [6.07, 6.45) is 2.55. The minimum atomic E-state index is -1.01. The monoisotopic (exact) mass is 322 g/mol. The summed E-state index contributed by atoms with van der Waals surface area (Å²) in [4.78, 5) is 10.6. The first-order chi connectivity index (χ1) is 10.1. The number of rotatable bonds is 5. The first kappa shape index (κ1) is 15.4. The molecule has 0 spiro atoms. The van der Waals surface area contributed by atoms with Crippen molar-refractivity contribution in [2.75, 3.05) is 0 Å². The second-order valence-electron chi connectivity index (χ2n) is 4.23. The number of benzene rings is 2. The number of carboxylic acids is 1. The number of halogens is 2. The Morgan fingerprint density at radius 3 is 2.67 bits per heavy atom. The Bertz CT molecular complexity index is 681. The third-order valence-electron chi connectivity index (χ3n) is 2.72. The lowest BCUT2D eigenvalue weighted by Crippen LogP contribution is -1.98. The minimum Gasteiger partial charge on any atom is -0.488 e. The fraction of sp³-hybridized carbons (Fsp3) is 0.0625. The second kappa shape index (κ2) is 7.16. The third kappa shape index (κ3) is 4.52. The molecule has 0 heterocycles. The number of hydrogen-bond acceptors (Lipinski definition) is 2. The van der Waals surface area contributed by atoms with E-state index in [2.05, 4.69) is 0 Å². The smallest absolute Gasteiger partial charge is 0.328 e.